The van der Waals surface area contributed by atoms with Crippen LogP contribution in [-0.2, 0) is 14.3 Å². The summed E-state index contributed by atoms with van der Waals surface area (Å²) in [7, 11) is 1.32. The minimum Gasteiger partial charge on any atom is -0.468 e. The molecule has 2 atom stereocenters. The van der Waals surface area contributed by atoms with E-state index < -0.39 is 11.9 Å². The summed E-state index contributed by atoms with van der Waals surface area (Å²) in [6.45, 7) is 0. The Hall–Kier alpha value is -1.06. The fraction of sp³-hybridized carbons (Fsp3) is 0.800. The predicted molar refractivity (Wildman–Crippen MR) is 49.4 cm³/mol. The molecule has 0 aromatic carbocycles. The van der Waals surface area contributed by atoms with Gasteiger partial charge in [-0.2, -0.15) is 0 Å². The van der Waals surface area contributed by atoms with E-state index in [1.54, 1.807) is 0 Å². The molecular weight excluding hydrogens is 182 g/mol. The fourth-order valence-electron chi connectivity index (χ4n) is 2.05. The SMILES string of the molecule is COC(=O)[C@@H]1CC[C@@H](C2CC2)NC1=O. The van der Waals surface area contributed by atoms with Gasteiger partial charge in [-0.3, -0.25) is 9.59 Å². The van der Waals surface area contributed by atoms with Gasteiger partial charge in [0.15, 0.2) is 0 Å². The average molecular weight is 197 g/mol. The highest BCUT2D eigenvalue weighted by atomic mass is 16.5. The van der Waals surface area contributed by atoms with Gasteiger partial charge >= 0.3 is 5.97 Å². The molecule has 2 rings (SSSR count). The quantitative estimate of drug-likeness (QED) is 0.517. The lowest BCUT2D eigenvalue weighted by atomic mass is 9.92. The lowest BCUT2D eigenvalue weighted by Crippen LogP contribution is -2.47. The monoisotopic (exact) mass is 197 g/mol. The summed E-state index contributed by atoms with van der Waals surface area (Å²) in [6.07, 6.45) is 3.98. The first-order chi connectivity index (χ1) is 6.72. The van der Waals surface area contributed by atoms with Gasteiger partial charge in [-0.1, -0.05) is 0 Å². The summed E-state index contributed by atoms with van der Waals surface area (Å²) in [5, 5.41) is 2.90. The van der Waals surface area contributed by atoms with Crippen LogP contribution < -0.4 is 5.32 Å². The number of hydrogen-bond acceptors (Lipinski definition) is 3. The summed E-state index contributed by atoms with van der Waals surface area (Å²) in [6, 6.07) is 0.309. The van der Waals surface area contributed by atoms with Gasteiger partial charge in [-0.25, -0.2) is 0 Å². The van der Waals surface area contributed by atoms with E-state index in [4.69, 9.17) is 0 Å². The number of esters is 1. The Labute approximate surface area is 83.0 Å². The van der Waals surface area contributed by atoms with E-state index in [-0.39, 0.29) is 5.91 Å². The van der Waals surface area contributed by atoms with Crippen molar-refractivity contribution in [3.63, 3.8) is 0 Å². The molecular formula is C10H15NO3. The van der Waals surface area contributed by atoms with Crippen LogP contribution in [0.2, 0.25) is 0 Å². The number of ether oxygens (including phenoxy) is 1. The van der Waals surface area contributed by atoms with Crippen LogP contribution in [0.3, 0.4) is 0 Å². The van der Waals surface area contributed by atoms with Gasteiger partial charge in [0.25, 0.3) is 0 Å². The molecule has 4 heteroatoms. The molecule has 1 aliphatic carbocycles. The molecule has 0 unspecified atom stereocenters. The first-order valence-corrected chi connectivity index (χ1v) is 5.10. The van der Waals surface area contributed by atoms with E-state index >= 15 is 0 Å². The molecule has 14 heavy (non-hydrogen) atoms. The summed E-state index contributed by atoms with van der Waals surface area (Å²) < 4.78 is 4.57. The smallest absolute Gasteiger partial charge is 0.318 e. The van der Waals surface area contributed by atoms with Crippen LogP contribution in [0.15, 0.2) is 0 Å². The van der Waals surface area contributed by atoms with Crippen molar-refractivity contribution in [2.75, 3.05) is 7.11 Å². The second-order valence-electron chi connectivity index (χ2n) is 4.11. The first-order valence-electron chi connectivity index (χ1n) is 5.10. The topological polar surface area (TPSA) is 55.4 Å². The molecule has 0 spiro atoms. The molecule has 1 heterocycles. The third kappa shape index (κ3) is 1.74. The fourth-order valence-corrected chi connectivity index (χ4v) is 2.05. The number of carbonyl (C=O) groups excluding carboxylic acids is 2. The molecule has 1 N–H and O–H groups in total. The molecule has 0 bridgehead atoms. The first kappa shape index (κ1) is 9.49. The van der Waals surface area contributed by atoms with Crippen molar-refractivity contribution in [1.29, 1.82) is 0 Å². The molecule has 1 saturated carbocycles. The van der Waals surface area contributed by atoms with Gasteiger partial charge in [0.2, 0.25) is 5.91 Å². The average Bonchev–Trinajstić information content (AvgIpc) is 3.00. The lowest BCUT2D eigenvalue weighted by molar-refractivity contribution is -0.151. The molecule has 78 valence electrons. The molecule has 0 aromatic rings. The highest BCUT2D eigenvalue weighted by molar-refractivity contribution is 5.98. The van der Waals surface area contributed by atoms with E-state index in [1.165, 1.54) is 20.0 Å². The Balaban J connectivity index is 1.92. The molecule has 2 aliphatic rings. The number of hydrogen-bond donors (Lipinski definition) is 1. The Morgan fingerprint density at radius 3 is 2.57 bits per heavy atom. The Kier molecular flexibility index (Phi) is 2.44. The molecule has 0 aromatic heterocycles. The van der Waals surface area contributed by atoms with Crippen LogP contribution in [-0.4, -0.2) is 25.0 Å². The van der Waals surface area contributed by atoms with Gasteiger partial charge in [0.05, 0.1) is 7.11 Å². The maximum Gasteiger partial charge on any atom is 0.318 e. The van der Waals surface area contributed by atoms with Crippen LogP contribution in [0.25, 0.3) is 0 Å². The number of methoxy groups -OCH3 is 1. The number of nitrogens with one attached hydrogen (secondary N) is 1. The Morgan fingerprint density at radius 2 is 2.07 bits per heavy atom. The maximum absolute atomic E-state index is 11.5. The van der Waals surface area contributed by atoms with E-state index in [0.717, 1.165) is 6.42 Å². The zero-order valence-corrected chi connectivity index (χ0v) is 8.29. The summed E-state index contributed by atoms with van der Waals surface area (Å²) in [4.78, 5) is 22.7. The zero-order valence-electron chi connectivity index (χ0n) is 8.29. The highest BCUT2D eigenvalue weighted by Gasteiger charge is 2.40. The predicted octanol–water partition coefficient (Wildman–Crippen LogP) is 0.464. The van der Waals surface area contributed by atoms with Gasteiger partial charge in [0.1, 0.15) is 5.92 Å². The second-order valence-corrected chi connectivity index (χ2v) is 4.11. The largest absolute Gasteiger partial charge is 0.468 e. The van der Waals surface area contributed by atoms with Crippen molar-refractivity contribution in [3.8, 4) is 0 Å². The van der Waals surface area contributed by atoms with E-state index in [1.807, 2.05) is 0 Å². The Bertz CT molecular complexity index is 260. The van der Waals surface area contributed by atoms with Crippen LogP contribution in [0.4, 0.5) is 0 Å². The zero-order chi connectivity index (χ0) is 10.1. The molecule has 0 radical (unpaired) electrons. The van der Waals surface area contributed by atoms with Crippen LogP contribution in [0.1, 0.15) is 25.7 Å². The van der Waals surface area contributed by atoms with Crippen LogP contribution in [0.5, 0.6) is 0 Å². The second kappa shape index (κ2) is 3.59. The summed E-state index contributed by atoms with van der Waals surface area (Å²) >= 11 is 0. The molecule has 1 saturated heterocycles. The third-order valence-electron chi connectivity index (χ3n) is 3.09. The lowest BCUT2D eigenvalue weighted by Gasteiger charge is -2.27. The Morgan fingerprint density at radius 1 is 1.36 bits per heavy atom. The normalized spacial score (nSPS) is 32.2. The molecule has 4 nitrogen and oxygen atoms in total. The van der Waals surface area contributed by atoms with Gasteiger partial charge in [0, 0.05) is 6.04 Å². The molecule has 1 aliphatic heterocycles. The van der Waals surface area contributed by atoms with Gasteiger partial charge in [-0.05, 0) is 31.6 Å². The van der Waals surface area contributed by atoms with Crippen molar-refractivity contribution in [1.82, 2.24) is 5.32 Å². The van der Waals surface area contributed by atoms with E-state index in [0.29, 0.717) is 18.4 Å². The minimum absolute atomic E-state index is 0.153. The van der Waals surface area contributed by atoms with Crippen molar-refractivity contribution >= 4 is 11.9 Å². The van der Waals surface area contributed by atoms with Gasteiger partial charge in [-0.15, -0.1) is 0 Å². The maximum atomic E-state index is 11.5. The van der Waals surface area contributed by atoms with Crippen molar-refractivity contribution < 1.29 is 14.3 Å². The number of piperidine rings is 1. The standard InChI is InChI=1S/C10H15NO3/c1-14-10(13)7-4-5-8(6-2-3-6)11-9(7)12/h6-8H,2-5H2,1H3,(H,11,12)/t7-,8+/m1/s1. The molecule has 2 fully saturated rings. The van der Waals surface area contributed by atoms with Crippen LogP contribution >= 0.6 is 0 Å². The highest BCUT2D eigenvalue weighted by Crippen LogP contribution is 2.36. The van der Waals surface area contributed by atoms with Gasteiger partial charge < -0.3 is 10.1 Å². The van der Waals surface area contributed by atoms with E-state index in [9.17, 15) is 9.59 Å². The summed E-state index contributed by atoms with van der Waals surface area (Å²) in [5.74, 6) is -0.468. The number of amides is 1. The van der Waals surface area contributed by atoms with E-state index in [2.05, 4.69) is 10.1 Å². The molecule has 1 amide bonds. The third-order valence-corrected chi connectivity index (χ3v) is 3.09. The van der Waals surface area contributed by atoms with Crippen molar-refractivity contribution in [3.05, 3.63) is 0 Å². The van der Waals surface area contributed by atoms with Crippen molar-refractivity contribution in [2.24, 2.45) is 11.8 Å². The minimum atomic E-state index is -0.574. The van der Waals surface area contributed by atoms with Crippen molar-refractivity contribution in [2.45, 2.75) is 31.7 Å². The van der Waals surface area contributed by atoms with Crippen LogP contribution in [0, 0.1) is 11.8 Å². The number of rotatable bonds is 2. The number of carbonyl (C=O) groups is 2. The summed E-state index contributed by atoms with van der Waals surface area (Å²) in [5.41, 5.74) is 0.